The van der Waals surface area contributed by atoms with Gasteiger partial charge in [0.15, 0.2) is 0 Å². The van der Waals surface area contributed by atoms with Gasteiger partial charge in [0.25, 0.3) is 0 Å². The average Bonchev–Trinajstić information content (AvgIpc) is 3.12. The summed E-state index contributed by atoms with van der Waals surface area (Å²) in [5, 5.41) is 12.8. The van der Waals surface area contributed by atoms with Gasteiger partial charge in [0.05, 0.1) is 23.9 Å². The van der Waals surface area contributed by atoms with Crippen LogP contribution < -0.4 is 10.1 Å². The number of fused-ring (bicyclic) bond motifs is 3. The third-order valence-corrected chi connectivity index (χ3v) is 5.18. The minimum absolute atomic E-state index is 0.136. The predicted molar refractivity (Wildman–Crippen MR) is 97.4 cm³/mol. The highest BCUT2D eigenvalue weighted by Gasteiger charge is 2.38. The van der Waals surface area contributed by atoms with Crippen molar-refractivity contribution in [2.45, 2.75) is 25.3 Å². The molecule has 0 unspecified atom stereocenters. The number of ether oxygens (including phenoxy) is 1. The van der Waals surface area contributed by atoms with E-state index in [1.807, 2.05) is 25.1 Å². The van der Waals surface area contributed by atoms with E-state index in [0.29, 0.717) is 24.0 Å². The van der Waals surface area contributed by atoms with Gasteiger partial charge >= 0.3 is 5.97 Å². The standard InChI is InChI=1S/C21H21NO3/c1-2-25-18-8-4-7-17-15-5-3-6-16(15)19(22-20(17)18)13-9-11-14(12-10-13)21(23)24/h3-5,7-12,15-16,19,22H,2,6H2,1H3,(H,23,24)/t15-,16-,19-/m0/s1. The van der Waals surface area contributed by atoms with E-state index in [4.69, 9.17) is 9.84 Å². The molecule has 2 aromatic carbocycles. The number of anilines is 1. The van der Waals surface area contributed by atoms with Crippen molar-refractivity contribution in [3.8, 4) is 5.75 Å². The molecule has 4 nitrogen and oxygen atoms in total. The van der Waals surface area contributed by atoms with Gasteiger partial charge in [-0.2, -0.15) is 0 Å². The van der Waals surface area contributed by atoms with Crippen LogP contribution >= 0.6 is 0 Å². The van der Waals surface area contributed by atoms with Gasteiger partial charge < -0.3 is 15.2 Å². The summed E-state index contributed by atoms with van der Waals surface area (Å²) in [7, 11) is 0. The van der Waals surface area contributed by atoms with Crippen LogP contribution in [0.3, 0.4) is 0 Å². The van der Waals surface area contributed by atoms with E-state index in [-0.39, 0.29) is 6.04 Å². The molecule has 128 valence electrons. The molecule has 0 bridgehead atoms. The number of aromatic carboxylic acids is 1. The fourth-order valence-electron chi connectivity index (χ4n) is 4.03. The van der Waals surface area contributed by atoms with E-state index in [1.54, 1.807) is 12.1 Å². The minimum atomic E-state index is -0.896. The molecule has 4 rings (SSSR count). The van der Waals surface area contributed by atoms with Crippen molar-refractivity contribution in [3.63, 3.8) is 0 Å². The number of nitrogens with one attached hydrogen (secondary N) is 1. The van der Waals surface area contributed by atoms with Crippen molar-refractivity contribution in [2.24, 2.45) is 5.92 Å². The molecule has 0 amide bonds. The lowest BCUT2D eigenvalue weighted by atomic mass is 9.77. The lowest BCUT2D eigenvalue weighted by Gasteiger charge is -2.38. The van der Waals surface area contributed by atoms with Crippen molar-refractivity contribution < 1.29 is 14.6 Å². The highest BCUT2D eigenvalue weighted by atomic mass is 16.5. The van der Waals surface area contributed by atoms with Gasteiger partial charge in [0.1, 0.15) is 5.75 Å². The van der Waals surface area contributed by atoms with Crippen LogP contribution in [0.25, 0.3) is 0 Å². The zero-order chi connectivity index (χ0) is 17.4. The molecular weight excluding hydrogens is 314 g/mol. The van der Waals surface area contributed by atoms with E-state index in [2.05, 4.69) is 29.6 Å². The number of hydrogen-bond acceptors (Lipinski definition) is 3. The predicted octanol–water partition coefficient (Wildman–Crippen LogP) is 4.61. The van der Waals surface area contributed by atoms with Gasteiger partial charge in [-0.15, -0.1) is 0 Å². The Bertz CT molecular complexity index is 826. The number of rotatable bonds is 4. The van der Waals surface area contributed by atoms with E-state index in [9.17, 15) is 4.79 Å². The fourth-order valence-corrected chi connectivity index (χ4v) is 4.03. The van der Waals surface area contributed by atoms with Crippen molar-refractivity contribution in [3.05, 3.63) is 71.3 Å². The maximum Gasteiger partial charge on any atom is 0.335 e. The molecule has 0 radical (unpaired) electrons. The molecular formula is C21H21NO3. The summed E-state index contributed by atoms with van der Waals surface area (Å²) in [6.07, 6.45) is 5.55. The maximum absolute atomic E-state index is 11.1. The van der Waals surface area contributed by atoms with Crippen molar-refractivity contribution in [2.75, 3.05) is 11.9 Å². The molecule has 1 heterocycles. The quantitative estimate of drug-likeness (QED) is 0.801. The highest BCUT2D eigenvalue weighted by molar-refractivity contribution is 5.87. The number of para-hydroxylation sites is 1. The van der Waals surface area contributed by atoms with Crippen LogP contribution in [0.5, 0.6) is 5.75 Å². The second-order valence-corrected chi connectivity index (χ2v) is 6.56. The number of carboxylic acids is 1. The summed E-state index contributed by atoms with van der Waals surface area (Å²) in [5.41, 5.74) is 3.77. The van der Waals surface area contributed by atoms with Crippen molar-refractivity contribution in [1.29, 1.82) is 0 Å². The summed E-state index contributed by atoms with van der Waals surface area (Å²) in [4.78, 5) is 11.1. The normalized spacial score (nSPS) is 23.5. The average molecular weight is 335 g/mol. The first-order valence-corrected chi connectivity index (χ1v) is 8.71. The number of hydrogen-bond donors (Lipinski definition) is 2. The van der Waals surface area contributed by atoms with E-state index in [1.165, 1.54) is 5.56 Å². The molecule has 4 heteroatoms. The smallest absolute Gasteiger partial charge is 0.335 e. The number of carbonyl (C=O) groups is 1. The summed E-state index contributed by atoms with van der Waals surface area (Å²) in [6, 6.07) is 13.6. The first-order chi connectivity index (χ1) is 12.2. The molecule has 3 atom stereocenters. The van der Waals surface area contributed by atoms with Gasteiger partial charge in [0.2, 0.25) is 0 Å². The molecule has 0 saturated heterocycles. The molecule has 2 aliphatic rings. The van der Waals surface area contributed by atoms with Crippen molar-refractivity contribution in [1.82, 2.24) is 0 Å². The molecule has 2 aromatic rings. The van der Waals surface area contributed by atoms with Crippen molar-refractivity contribution >= 4 is 11.7 Å². The lowest BCUT2D eigenvalue weighted by molar-refractivity contribution is 0.0697. The van der Waals surface area contributed by atoms with Crippen LogP contribution in [0.15, 0.2) is 54.6 Å². The Morgan fingerprint density at radius 3 is 2.76 bits per heavy atom. The van der Waals surface area contributed by atoms with Crippen LogP contribution in [0, 0.1) is 5.92 Å². The Hall–Kier alpha value is -2.75. The summed E-state index contributed by atoms with van der Waals surface area (Å²) in [6.45, 7) is 2.61. The van der Waals surface area contributed by atoms with Crippen LogP contribution in [-0.4, -0.2) is 17.7 Å². The molecule has 0 saturated carbocycles. The van der Waals surface area contributed by atoms with Gasteiger partial charge in [-0.05, 0) is 48.6 Å². The third-order valence-electron chi connectivity index (χ3n) is 5.18. The Labute approximate surface area is 147 Å². The molecule has 1 aliphatic heterocycles. The first kappa shape index (κ1) is 15.8. The highest BCUT2D eigenvalue weighted by Crippen LogP contribution is 2.52. The Morgan fingerprint density at radius 2 is 2.04 bits per heavy atom. The van der Waals surface area contributed by atoms with Crippen LogP contribution in [-0.2, 0) is 0 Å². The fraction of sp³-hybridized carbons (Fsp3) is 0.286. The summed E-state index contributed by atoms with van der Waals surface area (Å²) in [5.74, 6) is 0.777. The topological polar surface area (TPSA) is 58.6 Å². The van der Waals surface area contributed by atoms with Gasteiger partial charge in [-0.3, -0.25) is 0 Å². The van der Waals surface area contributed by atoms with E-state index >= 15 is 0 Å². The Kier molecular flexibility index (Phi) is 3.96. The Morgan fingerprint density at radius 1 is 1.24 bits per heavy atom. The maximum atomic E-state index is 11.1. The van der Waals surface area contributed by atoms with Gasteiger partial charge in [-0.1, -0.05) is 36.4 Å². The summed E-state index contributed by atoms with van der Waals surface area (Å²) < 4.78 is 5.82. The number of benzene rings is 2. The van der Waals surface area contributed by atoms with E-state index in [0.717, 1.165) is 23.4 Å². The largest absolute Gasteiger partial charge is 0.492 e. The molecule has 2 N–H and O–H groups in total. The number of allylic oxidation sites excluding steroid dienone is 2. The van der Waals surface area contributed by atoms with E-state index < -0.39 is 5.97 Å². The molecule has 0 spiro atoms. The first-order valence-electron chi connectivity index (χ1n) is 8.71. The monoisotopic (exact) mass is 335 g/mol. The molecule has 25 heavy (non-hydrogen) atoms. The third kappa shape index (κ3) is 2.68. The molecule has 0 fully saturated rings. The minimum Gasteiger partial charge on any atom is -0.492 e. The zero-order valence-electron chi connectivity index (χ0n) is 14.1. The number of carboxylic acid groups (broad SMARTS) is 1. The van der Waals surface area contributed by atoms with Crippen LogP contribution in [0.2, 0.25) is 0 Å². The molecule has 0 aromatic heterocycles. The van der Waals surface area contributed by atoms with Crippen LogP contribution in [0.4, 0.5) is 5.69 Å². The SMILES string of the molecule is CCOc1cccc2c1N[C@@H](c1ccc(C(=O)O)cc1)[C@H]1CC=C[C@H]21. The molecule has 1 aliphatic carbocycles. The second-order valence-electron chi connectivity index (χ2n) is 6.56. The summed E-state index contributed by atoms with van der Waals surface area (Å²) >= 11 is 0. The van der Waals surface area contributed by atoms with Gasteiger partial charge in [-0.25, -0.2) is 4.79 Å². The Balaban J connectivity index is 1.74. The van der Waals surface area contributed by atoms with Gasteiger partial charge in [0, 0.05) is 5.92 Å². The lowest BCUT2D eigenvalue weighted by Crippen LogP contribution is -2.29. The van der Waals surface area contributed by atoms with Crippen LogP contribution in [0.1, 0.15) is 46.8 Å². The zero-order valence-corrected chi connectivity index (χ0v) is 14.1. The second kappa shape index (κ2) is 6.28.